The summed E-state index contributed by atoms with van der Waals surface area (Å²) in [6, 6.07) is 0. The summed E-state index contributed by atoms with van der Waals surface area (Å²) in [5.41, 5.74) is 0.00916. The molecule has 3 aliphatic heterocycles. The van der Waals surface area contributed by atoms with Gasteiger partial charge in [0.05, 0.1) is 0 Å². The van der Waals surface area contributed by atoms with Crippen LogP contribution in [0.2, 0.25) is 10.1 Å². The van der Waals surface area contributed by atoms with E-state index in [-0.39, 0.29) is 11.4 Å². The Kier molecular flexibility index (Phi) is 2.89. The third kappa shape index (κ3) is 2.31. The van der Waals surface area contributed by atoms with Gasteiger partial charge in [-0.05, 0) is 0 Å². The Morgan fingerprint density at radius 2 is 1.88 bits per heavy atom. The summed E-state index contributed by atoms with van der Waals surface area (Å²) in [4.78, 5) is 0.731. The zero-order valence-electron chi connectivity index (χ0n) is 11.1. The van der Waals surface area contributed by atoms with E-state index >= 15 is 0 Å². The van der Waals surface area contributed by atoms with E-state index in [0.29, 0.717) is 33.1 Å². The van der Waals surface area contributed by atoms with Gasteiger partial charge in [-0.15, -0.1) is 0 Å². The summed E-state index contributed by atoms with van der Waals surface area (Å²) in [6.07, 6.45) is 1.74. The average molecular weight is 305 g/mol. The Balaban J connectivity index is 1.80. The van der Waals surface area contributed by atoms with E-state index in [0.717, 1.165) is 17.8 Å². The molecule has 3 heterocycles. The molecule has 98 valence electrons. The maximum atomic E-state index is 6.15. The summed E-state index contributed by atoms with van der Waals surface area (Å²) in [5, 5.41) is 1.19. The molecule has 0 aliphatic carbocycles. The molecule has 0 aromatic heterocycles. The van der Waals surface area contributed by atoms with Gasteiger partial charge in [0, 0.05) is 0 Å². The van der Waals surface area contributed by atoms with Crippen molar-refractivity contribution in [2.75, 3.05) is 6.61 Å². The van der Waals surface area contributed by atoms with Crippen LogP contribution < -0.4 is 0 Å². The molecule has 3 nitrogen and oxygen atoms in total. The Morgan fingerprint density at radius 1 is 1.12 bits per heavy atom. The van der Waals surface area contributed by atoms with Crippen molar-refractivity contribution in [2.24, 2.45) is 5.92 Å². The third-order valence-electron chi connectivity index (χ3n) is 3.96. The molecule has 0 N–H and O–H groups in total. The van der Waals surface area contributed by atoms with Crippen LogP contribution in [0.3, 0.4) is 0 Å². The van der Waals surface area contributed by atoms with Gasteiger partial charge < -0.3 is 0 Å². The standard InChI is InChI=1S/C13H22O3Se/c1-12(2)5-8-10(6-14-12)17-7-9-11(8)16-13(3,4)15-9/h8-11H,5-7H2,1-4H3/t8-,9-,10+,11+/m1/s1. The van der Waals surface area contributed by atoms with E-state index in [2.05, 4.69) is 13.8 Å². The van der Waals surface area contributed by atoms with E-state index in [9.17, 15) is 0 Å². The quantitative estimate of drug-likeness (QED) is 0.643. The number of fused-ring (bicyclic) bond motifs is 3. The maximum absolute atomic E-state index is 6.15. The van der Waals surface area contributed by atoms with Gasteiger partial charge >= 0.3 is 110 Å². The van der Waals surface area contributed by atoms with Gasteiger partial charge in [0.15, 0.2) is 0 Å². The predicted octanol–water partition coefficient (Wildman–Crippen LogP) is 2.25. The van der Waals surface area contributed by atoms with Crippen LogP contribution in [0.15, 0.2) is 0 Å². The summed E-state index contributed by atoms with van der Waals surface area (Å²) in [6.45, 7) is 9.39. The summed E-state index contributed by atoms with van der Waals surface area (Å²) in [5.74, 6) is 0.252. The second kappa shape index (κ2) is 3.94. The first-order valence-corrected chi connectivity index (χ1v) is 8.68. The van der Waals surface area contributed by atoms with Crippen LogP contribution in [0, 0.1) is 5.92 Å². The number of hydrogen-bond acceptors (Lipinski definition) is 3. The van der Waals surface area contributed by atoms with Crippen molar-refractivity contribution in [1.82, 2.24) is 0 Å². The van der Waals surface area contributed by atoms with Gasteiger partial charge in [0.25, 0.3) is 0 Å². The van der Waals surface area contributed by atoms with E-state index in [1.807, 2.05) is 13.8 Å². The molecule has 0 unspecified atom stereocenters. The van der Waals surface area contributed by atoms with Gasteiger partial charge in [-0.3, -0.25) is 0 Å². The van der Waals surface area contributed by atoms with E-state index in [1.54, 1.807) is 0 Å². The van der Waals surface area contributed by atoms with Crippen molar-refractivity contribution >= 4 is 15.0 Å². The first-order valence-electron chi connectivity index (χ1n) is 6.48. The Labute approximate surface area is 110 Å². The van der Waals surface area contributed by atoms with Crippen LogP contribution in [0.5, 0.6) is 0 Å². The van der Waals surface area contributed by atoms with E-state index < -0.39 is 0 Å². The predicted molar refractivity (Wildman–Crippen MR) is 66.3 cm³/mol. The molecule has 0 saturated carbocycles. The minimum atomic E-state index is -0.386. The fourth-order valence-corrected chi connectivity index (χ4v) is 6.11. The van der Waals surface area contributed by atoms with Crippen molar-refractivity contribution < 1.29 is 14.2 Å². The Bertz CT molecular complexity index is 316. The molecule has 0 bridgehead atoms. The van der Waals surface area contributed by atoms with Crippen LogP contribution in [0.4, 0.5) is 0 Å². The van der Waals surface area contributed by atoms with Crippen molar-refractivity contribution in [3.05, 3.63) is 0 Å². The molecule has 0 spiro atoms. The van der Waals surface area contributed by atoms with E-state index in [4.69, 9.17) is 14.2 Å². The summed E-state index contributed by atoms with van der Waals surface area (Å²) < 4.78 is 18.1. The van der Waals surface area contributed by atoms with Crippen LogP contribution in [0.1, 0.15) is 34.1 Å². The second-order valence-corrected chi connectivity index (χ2v) is 9.12. The van der Waals surface area contributed by atoms with Gasteiger partial charge in [-0.2, -0.15) is 0 Å². The van der Waals surface area contributed by atoms with Crippen LogP contribution in [-0.2, 0) is 14.2 Å². The monoisotopic (exact) mass is 306 g/mol. The Morgan fingerprint density at radius 3 is 2.65 bits per heavy atom. The SMILES string of the molecule is CC1(C)C[C@H]2[C@@H]3OC(C)(C)O[C@@H]3C[Se][C@H]2CO1. The molecule has 3 fully saturated rings. The molecular weight excluding hydrogens is 283 g/mol. The van der Waals surface area contributed by atoms with Crippen molar-refractivity contribution in [3.8, 4) is 0 Å². The zero-order chi connectivity index (χ0) is 12.3. The number of hydrogen-bond donors (Lipinski definition) is 0. The second-order valence-electron chi connectivity index (χ2n) is 6.45. The van der Waals surface area contributed by atoms with E-state index in [1.165, 1.54) is 5.32 Å². The minimum absolute atomic E-state index is 0.00916. The molecule has 0 aromatic carbocycles. The third-order valence-corrected chi connectivity index (χ3v) is 6.97. The Hall–Kier alpha value is 0.399. The molecule has 3 rings (SSSR count). The van der Waals surface area contributed by atoms with Gasteiger partial charge in [-0.1, -0.05) is 0 Å². The summed E-state index contributed by atoms with van der Waals surface area (Å²) in [7, 11) is 0. The van der Waals surface area contributed by atoms with Crippen LogP contribution in [-0.4, -0.2) is 45.2 Å². The molecule has 0 aromatic rings. The zero-order valence-corrected chi connectivity index (χ0v) is 12.8. The summed E-state index contributed by atoms with van der Waals surface area (Å²) >= 11 is 0.645. The molecule has 4 atom stereocenters. The molecular formula is C13H22O3Se. The van der Waals surface area contributed by atoms with Crippen LogP contribution >= 0.6 is 0 Å². The van der Waals surface area contributed by atoms with Crippen molar-refractivity contribution in [1.29, 1.82) is 0 Å². The van der Waals surface area contributed by atoms with Crippen molar-refractivity contribution in [2.45, 2.75) is 67.8 Å². The molecule has 4 heteroatoms. The topological polar surface area (TPSA) is 27.7 Å². The number of ether oxygens (including phenoxy) is 3. The normalized spacial score (nSPS) is 47.3. The molecule has 3 aliphatic rings. The van der Waals surface area contributed by atoms with Crippen LogP contribution in [0.25, 0.3) is 0 Å². The molecule has 17 heavy (non-hydrogen) atoms. The van der Waals surface area contributed by atoms with Gasteiger partial charge in [0.1, 0.15) is 0 Å². The molecule has 0 amide bonds. The first-order chi connectivity index (χ1) is 7.86. The van der Waals surface area contributed by atoms with Gasteiger partial charge in [-0.25, -0.2) is 0 Å². The first kappa shape index (κ1) is 12.4. The number of rotatable bonds is 0. The molecule has 3 saturated heterocycles. The fourth-order valence-electron chi connectivity index (χ4n) is 3.26. The fraction of sp³-hybridized carbons (Fsp3) is 1.00. The van der Waals surface area contributed by atoms with Crippen molar-refractivity contribution in [3.63, 3.8) is 0 Å². The molecule has 0 radical (unpaired) electrons. The van der Waals surface area contributed by atoms with Gasteiger partial charge in [0.2, 0.25) is 0 Å². The average Bonchev–Trinajstić information content (AvgIpc) is 2.51.